The highest BCUT2D eigenvalue weighted by Crippen LogP contribution is 2.28. The molecule has 1 N–H and O–H groups in total. The van der Waals surface area contributed by atoms with Gasteiger partial charge in [0.1, 0.15) is 0 Å². The van der Waals surface area contributed by atoms with Crippen LogP contribution in [0.25, 0.3) is 11.0 Å². The van der Waals surface area contributed by atoms with E-state index in [0.717, 1.165) is 55.4 Å². The number of amides is 1. The zero-order valence-electron chi connectivity index (χ0n) is 14.7. The number of nitrogens with zero attached hydrogens (tertiary/aromatic N) is 2. The molecule has 1 unspecified atom stereocenters. The number of hydrogen-bond acceptors (Lipinski definition) is 3. The number of aromatic amines is 1. The first-order valence-corrected chi connectivity index (χ1v) is 9.74. The number of benzene rings is 2. The van der Waals surface area contributed by atoms with E-state index < -0.39 is 0 Å². The average molecular weight is 366 g/mol. The number of para-hydroxylation sites is 2. The molecular formula is C21H23N3OS. The smallest absolute Gasteiger partial charge is 0.239 e. The van der Waals surface area contributed by atoms with Gasteiger partial charge in [-0.05, 0) is 55.4 Å². The normalized spacial score (nSPS) is 15.0. The third-order valence-electron chi connectivity index (χ3n) is 5.12. The first-order valence-electron chi connectivity index (χ1n) is 9.22. The van der Waals surface area contributed by atoms with E-state index in [4.69, 9.17) is 0 Å². The number of anilines is 1. The van der Waals surface area contributed by atoms with Crippen molar-refractivity contribution in [1.82, 2.24) is 9.97 Å². The molecule has 3 aromatic rings. The second kappa shape index (κ2) is 7.54. The lowest BCUT2D eigenvalue weighted by atomic mass is 10.0. The Morgan fingerprint density at radius 3 is 3.04 bits per heavy atom. The lowest BCUT2D eigenvalue weighted by Crippen LogP contribution is -2.40. The fourth-order valence-corrected chi connectivity index (χ4v) is 4.10. The standard InChI is InChI=1S/C21H23N3OS/c25-21(24-13-5-9-15-6-1-2-11-18(15)24)19(26)12-4-8-16-7-3-10-17-20(16)23-14-22-17/h1-3,6-7,10-11,14,19,26H,4-5,8-9,12-13H2,(H,22,23). The summed E-state index contributed by atoms with van der Waals surface area (Å²) in [6, 6.07) is 14.4. The molecule has 0 aliphatic carbocycles. The van der Waals surface area contributed by atoms with Crippen molar-refractivity contribution >= 4 is 35.3 Å². The van der Waals surface area contributed by atoms with E-state index in [0.29, 0.717) is 0 Å². The minimum absolute atomic E-state index is 0.124. The lowest BCUT2D eigenvalue weighted by Gasteiger charge is -2.31. The van der Waals surface area contributed by atoms with E-state index in [1.165, 1.54) is 11.1 Å². The van der Waals surface area contributed by atoms with E-state index in [2.05, 4.69) is 34.7 Å². The molecule has 1 amide bonds. The Balaban J connectivity index is 1.39. The van der Waals surface area contributed by atoms with Gasteiger partial charge in [-0.3, -0.25) is 4.79 Å². The number of carbonyl (C=O) groups is 1. The van der Waals surface area contributed by atoms with Crippen molar-refractivity contribution in [3.63, 3.8) is 0 Å². The maximum absolute atomic E-state index is 12.9. The molecule has 0 bridgehead atoms. The molecule has 1 aliphatic rings. The molecule has 2 aromatic carbocycles. The number of fused-ring (bicyclic) bond motifs is 2. The summed E-state index contributed by atoms with van der Waals surface area (Å²) in [4.78, 5) is 22.4. The Labute approximate surface area is 159 Å². The van der Waals surface area contributed by atoms with Gasteiger partial charge in [-0.25, -0.2) is 4.98 Å². The number of aromatic nitrogens is 2. The van der Waals surface area contributed by atoms with Gasteiger partial charge in [0.05, 0.1) is 22.6 Å². The van der Waals surface area contributed by atoms with Crippen molar-refractivity contribution in [2.45, 2.75) is 37.4 Å². The van der Waals surface area contributed by atoms with Crippen LogP contribution in [0.3, 0.4) is 0 Å². The topological polar surface area (TPSA) is 49.0 Å². The van der Waals surface area contributed by atoms with Gasteiger partial charge in [-0.1, -0.05) is 30.3 Å². The van der Waals surface area contributed by atoms with Crippen LogP contribution in [0.4, 0.5) is 5.69 Å². The maximum atomic E-state index is 12.9. The molecule has 1 aromatic heterocycles. The Morgan fingerprint density at radius 1 is 1.23 bits per heavy atom. The fraction of sp³-hybridized carbons (Fsp3) is 0.333. The van der Waals surface area contributed by atoms with Crippen molar-refractivity contribution < 1.29 is 4.79 Å². The fourth-order valence-electron chi connectivity index (χ4n) is 3.78. The minimum Gasteiger partial charge on any atom is -0.345 e. The molecule has 0 fully saturated rings. The molecule has 2 heterocycles. The molecule has 0 spiro atoms. The number of carbonyl (C=O) groups excluding carboxylic acids is 1. The van der Waals surface area contributed by atoms with E-state index in [-0.39, 0.29) is 11.2 Å². The number of thiol groups is 1. The summed E-state index contributed by atoms with van der Waals surface area (Å²) in [6.07, 6.45) is 6.38. The van der Waals surface area contributed by atoms with Crippen molar-refractivity contribution in [1.29, 1.82) is 0 Å². The maximum Gasteiger partial charge on any atom is 0.239 e. The number of H-pyrrole nitrogens is 1. The van der Waals surface area contributed by atoms with Gasteiger partial charge in [0.25, 0.3) is 0 Å². The summed E-state index contributed by atoms with van der Waals surface area (Å²) < 4.78 is 0. The third-order valence-corrected chi connectivity index (χ3v) is 5.60. The first kappa shape index (κ1) is 17.2. The first-order chi connectivity index (χ1) is 12.7. The molecule has 1 atom stereocenters. The molecule has 0 saturated carbocycles. The third kappa shape index (κ3) is 3.36. The molecule has 5 heteroatoms. The van der Waals surface area contributed by atoms with Gasteiger partial charge in [0.15, 0.2) is 0 Å². The quantitative estimate of drug-likeness (QED) is 0.667. The monoisotopic (exact) mass is 365 g/mol. The highest BCUT2D eigenvalue weighted by atomic mass is 32.1. The highest BCUT2D eigenvalue weighted by molar-refractivity contribution is 7.81. The van der Waals surface area contributed by atoms with E-state index in [1.807, 2.05) is 35.2 Å². The number of imidazole rings is 1. The van der Waals surface area contributed by atoms with Crippen LogP contribution in [0.15, 0.2) is 48.8 Å². The number of nitrogens with one attached hydrogen (secondary N) is 1. The lowest BCUT2D eigenvalue weighted by molar-refractivity contribution is -0.118. The summed E-state index contributed by atoms with van der Waals surface area (Å²) in [5, 5.41) is -0.264. The average Bonchev–Trinajstić information content (AvgIpc) is 3.16. The van der Waals surface area contributed by atoms with Crippen LogP contribution in [-0.4, -0.2) is 27.7 Å². The van der Waals surface area contributed by atoms with Crippen molar-refractivity contribution in [2.75, 3.05) is 11.4 Å². The zero-order valence-corrected chi connectivity index (χ0v) is 15.6. The van der Waals surface area contributed by atoms with Crippen LogP contribution < -0.4 is 4.90 Å². The molecule has 134 valence electrons. The Kier molecular flexibility index (Phi) is 4.98. The second-order valence-electron chi connectivity index (χ2n) is 6.85. The summed E-state index contributed by atoms with van der Waals surface area (Å²) in [5.74, 6) is 0.124. The van der Waals surface area contributed by atoms with Gasteiger partial charge >= 0.3 is 0 Å². The van der Waals surface area contributed by atoms with Crippen molar-refractivity contribution in [3.8, 4) is 0 Å². The van der Waals surface area contributed by atoms with E-state index >= 15 is 0 Å². The largest absolute Gasteiger partial charge is 0.345 e. The van der Waals surface area contributed by atoms with Crippen LogP contribution in [-0.2, 0) is 17.6 Å². The van der Waals surface area contributed by atoms with Crippen LogP contribution in [0.1, 0.15) is 30.4 Å². The van der Waals surface area contributed by atoms with Gasteiger partial charge in [0, 0.05) is 12.2 Å². The van der Waals surface area contributed by atoms with E-state index in [1.54, 1.807) is 6.33 Å². The van der Waals surface area contributed by atoms with Gasteiger partial charge in [-0.2, -0.15) is 12.6 Å². The van der Waals surface area contributed by atoms with Crippen molar-refractivity contribution in [3.05, 3.63) is 59.9 Å². The van der Waals surface area contributed by atoms with E-state index in [9.17, 15) is 4.79 Å². The summed E-state index contributed by atoms with van der Waals surface area (Å²) >= 11 is 4.62. The Morgan fingerprint density at radius 2 is 2.12 bits per heavy atom. The number of hydrogen-bond donors (Lipinski definition) is 2. The van der Waals surface area contributed by atoms with Gasteiger partial charge in [0.2, 0.25) is 5.91 Å². The highest BCUT2D eigenvalue weighted by Gasteiger charge is 2.26. The Hall–Kier alpha value is -2.27. The predicted octanol–water partition coefficient (Wildman–Crippen LogP) is 4.16. The molecular weight excluding hydrogens is 342 g/mol. The Bertz CT molecular complexity index is 920. The SMILES string of the molecule is O=C(C(S)CCCc1cccc2[nH]cnc12)N1CCCc2ccccc21. The predicted molar refractivity (Wildman–Crippen MR) is 109 cm³/mol. The van der Waals surface area contributed by atoms with Crippen LogP contribution in [0, 0.1) is 0 Å². The van der Waals surface area contributed by atoms with Crippen LogP contribution in [0.2, 0.25) is 0 Å². The van der Waals surface area contributed by atoms with Crippen LogP contribution in [0.5, 0.6) is 0 Å². The van der Waals surface area contributed by atoms with Gasteiger partial charge < -0.3 is 9.88 Å². The summed E-state index contributed by atoms with van der Waals surface area (Å²) in [7, 11) is 0. The number of rotatable bonds is 5. The minimum atomic E-state index is -0.264. The summed E-state index contributed by atoms with van der Waals surface area (Å²) in [5.41, 5.74) is 5.63. The molecule has 4 rings (SSSR count). The molecule has 4 nitrogen and oxygen atoms in total. The second-order valence-corrected chi connectivity index (χ2v) is 7.47. The molecule has 26 heavy (non-hydrogen) atoms. The molecule has 0 saturated heterocycles. The van der Waals surface area contributed by atoms with Crippen LogP contribution >= 0.6 is 12.6 Å². The summed E-state index contributed by atoms with van der Waals surface area (Å²) in [6.45, 7) is 0.791. The number of aryl methyl sites for hydroxylation is 2. The molecule has 1 aliphatic heterocycles. The zero-order chi connectivity index (χ0) is 17.9. The molecule has 0 radical (unpaired) electrons. The van der Waals surface area contributed by atoms with Gasteiger partial charge in [-0.15, -0.1) is 0 Å². The van der Waals surface area contributed by atoms with Crippen molar-refractivity contribution in [2.24, 2.45) is 0 Å².